The highest BCUT2D eigenvalue weighted by Crippen LogP contribution is 2.31. The Labute approximate surface area is 146 Å². The van der Waals surface area contributed by atoms with E-state index in [1.165, 1.54) is 38.8 Å². The minimum absolute atomic E-state index is 0.438. The van der Waals surface area contributed by atoms with Crippen LogP contribution in [0.1, 0.15) is 50.3 Å². The van der Waals surface area contributed by atoms with Gasteiger partial charge in [0.25, 0.3) is 0 Å². The smallest absolute Gasteiger partial charge is 0.178 e. The van der Waals surface area contributed by atoms with Crippen molar-refractivity contribution in [2.75, 3.05) is 13.1 Å². The second-order valence-corrected chi connectivity index (χ2v) is 7.22. The zero-order valence-corrected chi connectivity index (χ0v) is 14.3. The van der Waals surface area contributed by atoms with E-state index in [-0.39, 0.29) is 0 Å². The largest absolute Gasteiger partial charge is 0.300 e. The van der Waals surface area contributed by atoms with Crippen molar-refractivity contribution in [1.82, 2.24) is 34.5 Å². The van der Waals surface area contributed by atoms with Crippen molar-refractivity contribution in [2.45, 2.75) is 50.5 Å². The fraction of sp³-hybridized carbons (Fsp3) is 0.556. The Hall–Kier alpha value is -2.28. The molecular weight excluding hydrogens is 314 g/mol. The monoisotopic (exact) mass is 337 g/mol. The highest BCUT2D eigenvalue weighted by Gasteiger charge is 2.29. The molecule has 5 rings (SSSR count). The van der Waals surface area contributed by atoms with Crippen molar-refractivity contribution in [2.24, 2.45) is 0 Å². The molecule has 0 N–H and O–H groups in total. The minimum atomic E-state index is 0.438. The van der Waals surface area contributed by atoms with Gasteiger partial charge in [-0.2, -0.15) is 9.61 Å². The highest BCUT2D eigenvalue weighted by molar-refractivity contribution is 5.39. The summed E-state index contributed by atoms with van der Waals surface area (Å²) in [4.78, 5) is 2.69. The number of nitrogens with zero attached hydrogens (tertiary/aromatic N) is 7. The summed E-state index contributed by atoms with van der Waals surface area (Å²) in [5.74, 6) is 2.23. The standard InChI is InChI=1S/C18H23N7/c1-2-5-15(4-1)23-12-8-14(9-13-23)18-21-20-16-6-7-17(22-25(16)18)24-11-3-10-19-24/h3,6-7,10-11,14-15H,1-2,4-5,8-9,12-13H2. The van der Waals surface area contributed by atoms with Gasteiger partial charge < -0.3 is 4.90 Å². The molecule has 7 nitrogen and oxygen atoms in total. The van der Waals surface area contributed by atoms with Gasteiger partial charge in [0.2, 0.25) is 0 Å². The molecule has 0 atom stereocenters. The molecule has 0 aromatic carbocycles. The van der Waals surface area contributed by atoms with Gasteiger partial charge >= 0.3 is 0 Å². The van der Waals surface area contributed by atoms with Crippen molar-refractivity contribution in [3.63, 3.8) is 0 Å². The quantitative estimate of drug-likeness (QED) is 0.734. The van der Waals surface area contributed by atoms with Gasteiger partial charge in [-0.3, -0.25) is 0 Å². The predicted octanol–water partition coefficient (Wildman–Crippen LogP) is 2.43. The maximum absolute atomic E-state index is 4.73. The number of hydrogen-bond acceptors (Lipinski definition) is 5. The molecule has 4 heterocycles. The van der Waals surface area contributed by atoms with Gasteiger partial charge in [-0.15, -0.1) is 15.3 Å². The lowest BCUT2D eigenvalue weighted by Crippen LogP contribution is -2.39. The van der Waals surface area contributed by atoms with Crippen LogP contribution in [0.2, 0.25) is 0 Å². The number of rotatable bonds is 3. The second-order valence-electron chi connectivity index (χ2n) is 7.22. The van der Waals surface area contributed by atoms with E-state index in [1.807, 2.05) is 28.9 Å². The zero-order valence-electron chi connectivity index (χ0n) is 14.3. The van der Waals surface area contributed by atoms with E-state index in [9.17, 15) is 0 Å². The second kappa shape index (κ2) is 6.22. The lowest BCUT2D eigenvalue weighted by molar-refractivity contribution is 0.151. The molecule has 1 aliphatic carbocycles. The highest BCUT2D eigenvalue weighted by atomic mass is 15.4. The summed E-state index contributed by atoms with van der Waals surface area (Å²) in [5, 5.41) is 17.8. The fourth-order valence-corrected chi connectivity index (χ4v) is 4.37. The van der Waals surface area contributed by atoms with Gasteiger partial charge in [-0.1, -0.05) is 12.8 Å². The molecule has 3 aromatic rings. The lowest BCUT2D eigenvalue weighted by atomic mass is 9.95. The van der Waals surface area contributed by atoms with Crippen molar-refractivity contribution >= 4 is 5.65 Å². The van der Waals surface area contributed by atoms with Crippen LogP contribution < -0.4 is 0 Å². The average Bonchev–Trinajstić information content (AvgIpc) is 3.42. The van der Waals surface area contributed by atoms with Crippen molar-refractivity contribution in [3.8, 4) is 5.82 Å². The van der Waals surface area contributed by atoms with Gasteiger partial charge in [0.15, 0.2) is 17.3 Å². The first kappa shape index (κ1) is 15.0. The summed E-state index contributed by atoms with van der Waals surface area (Å²) in [6.07, 6.45) is 11.5. The Bertz CT molecular complexity index is 840. The first-order chi connectivity index (χ1) is 12.4. The molecule has 1 saturated heterocycles. The van der Waals surface area contributed by atoms with Crippen molar-refractivity contribution in [1.29, 1.82) is 0 Å². The third-order valence-corrected chi connectivity index (χ3v) is 5.75. The Balaban J connectivity index is 1.38. The van der Waals surface area contributed by atoms with Crippen LogP contribution in [0, 0.1) is 0 Å². The van der Waals surface area contributed by atoms with E-state index in [2.05, 4.69) is 20.2 Å². The summed E-state index contributed by atoms with van der Waals surface area (Å²) in [6.45, 7) is 2.34. The zero-order chi connectivity index (χ0) is 16.6. The fourth-order valence-electron chi connectivity index (χ4n) is 4.37. The van der Waals surface area contributed by atoms with Gasteiger partial charge in [-0.05, 0) is 57.0 Å². The molecule has 2 aliphatic rings. The Morgan fingerprint density at radius 2 is 1.80 bits per heavy atom. The molecule has 0 spiro atoms. The third kappa shape index (κ3) is 2.72. The molecule has 0 unspecified atom stereocenters. The molecule has 2 fully saturated rings. The van der Waals surface area contributed by atoms with Crippen LogP contribution in [0.25, 0.3) is 11.5 Å². The molecule has 25 heavy (non-hydrogen) atoms. The van der Waals surface area contributed by atoms with Crippen LogP contribution in [0.4, 0.5) is 0 Å². The Morgan fingerprint density at radius 1 is 0.960 bits per heavy atom. The molecular formula is C18H23N7. The molecule has 1 saturated carbocycles. The summed E-state index contributed by atoms with van der Waals surface area (Å²) < 4.78 is 3.68. The van der Waals surface area contributed by atoms with Gasteiger partial charge in [0, 0.05) is 24.4 Å². The predicted molar refractivity (Wildman–Crippen MR) is 93.7 cm³/mol. The summed E-state index contributed by atoms with van der Waals surface area (Å²) in [5.41, 5.74) is 0.809. The van der Waals surface area contributed by atoms with Gasteiger partial charge in [0.05, 0.1) is 0 Å². The van der Waals surface area contributed by atoms with Crippen molar-refractivity contribution < 1.29 is 0 Å². The SMILES string of the molecule is c1cnn(-c2ccc3nnc(C4CCN(C5CCCC5)CC4)n3n2)c1. The Kier molecular flexibility index (Phi) is 3.73. The molecule has 7 heteroatoms. The molecule has 0 amide bonds. The molecule has 0 radical (unpaired) electrons. The van der Waals surface area contributed by atoms with Crippen LogP contribution in [0.3, 0.4) is 0 Å². The van der Waals surface area contributed by atoms with Gasteiger partial charge in [0.1, 0.15) is 0 Å². The lowest BCUT2D eigenvalue weighted by Gasteiger charge is -2.35. The topological polar surface area (TPSA) is 64.1 Å². The number of aromatic nitrogens is 6. The van der Waals surface area contributed by atoms with E-state index in [0.29, 0.717) is 5.92 Å². The van der Waals surface area contributed by atoms with Crippen LogP contribution in [-0.2, 0) is 0 Å². The van der Waals surface area contributed by atoms with Crippen molar-refractivity contribution in [3.05, 3.63) is 36.4 Å². The number of fused-ring (bicyclic) bond motifs is 1. The van der Waals surface area contributed by atoms with Crippen LogP contribution in [0.5, 0.6) is 0 Å². The average molecular weight is 337 g/mol. The summed E-state index contributed by atoms with van der Waals surface area (Å²) >= 11 is 0. The van der Waals surface area contributed by atoms with Crippen LogP contribution >= 0.6 is 0 Å². The number of piperidine rings is 1. The van der Waals surface area contributed by atoms with Crippen LogP contribution in [0.15, 0.2) is 30.6 Å². The van der Waals surface area contributed by atoms with E-state index in [1.54, 1.807) is 10.9 Å². The first-order valence-electron chi connectivity index (χ1n) is 9.35. The third-order valence-electron chi connectivity index (χ3n) is 5.75. The Morgan fingerprint density at radius 3 is 2.56 bits per heavy atom. The first-order valence-corrected chi connectivity index (χ1v) is 9.35. The molecule has 3 aromatic heterocycles. The normalized spacial score (nSPS) is 20.6. The van der Waals surface area contributed by atoms with E-state index >= 15 is 0 Å². The van der Waals surface area contributed by atoms with Crippen LogP contribution in [-0.4, -0.2) is 53.6 Å². The molecule has 0 bridgehead atoms. The van der Waals surface area contributed by atoms with E-state index in [0.717, 1.165) is 36.2 Å². The summed E-state index contributed by atoms with van der Waals surface area (Å²) in [7, 11) is 0. The minimum Gasteiger partial charge on any atom is -0.300 e. The molecule has 1 aliphatic heterocycles. The number of hydrogen-bond donors (Lipinski definition) is 0. The maximum Gasteiger partial charge on any atom is 0.178 e. The summed E-state index contributed by atoms with van der Waals surface area (Å²) in [6, 6.07) is 6.62. The maximum atomic E-state index is 4.73. The van der Waals surface area contributed by atoms with Gasteiger partial charge in [-0.25, -0.2) is 4.68 Å². The number of likely N-dealkylation sites (tertiary alicyclic amines) is 1. The molecule has 130 valence electrons. The van der Waals surface area contributed by atoms with E-state index < -0.39 is 0 Å². The van der Waals surface area contributed by atoms with E-state index in [4.69, 9.17) is 5.10 Å².